The topological polar surface area (TPSA) is 95.0 Å². The van der Waals surface area contributed by atoms with Gasteiger partial charge in [0.2, 0.25) is 0 Å². The Balaban J connectivity index is 1.74. The first kappa shape index (κ1) is 16.2. The number of benzene rings is 2. The van der Waals surface area contributed by atoms with Gasteiger partial charge in [-0.05, 0) is 18.2 Å². The molecule has 2 heterocycles. The molecule has 1 unspecified atom stereocenters. The minimum absolute atomic E-state index is 0.191. The molecule has 130 valence electrons. The Morgan fingerprint density at radius 1 is 0.846 bits per heavy atom. The van der Waals surface area contributed by atoms with Gasteiger partial charge >= 0.3 is 0 Å². The normalized spacial score (nSPS) is 18.4. The van der Waals surface area contributed by atoms with Gasteiger partial charge < -0.3 is 10.0 Å². The summed E-state index contributed by atoms with van der Waals surface area (Å²) in [5, 5.41) is 10.00. The molecular formula is C19H14N2O5. The molecule has 2 aliphatic heterocycles. The molecule has 4 rings (SSSR count). The highest BCUT2D eigenvalue weighted by molar-refractivity contribution is 6.22. The molecule has 7 heteroatoms. The van der Waals surface area contributed by atoms with E-state index in [0.717, 1.165) is 4.90 Å². The van der Waals surface area contributed by atoms with Crippen LogP contribution in [0.15, 0.2) is 36.4 Å². The van der Waals surface area contributed by atoms with Gasteiger partial charge in [0.25, 0.3) is 17.7 Å². The van der Waals surface area contributed by atoms with Crippen LogP contribution < -0.4 is 0 Å². The van der Waals surface area contributed by atoms with E-state index in [0.29, 0.717) is 5.56 Å². The van der Waals surface area contributed by atoms with Gasteiger partial charge in [-0.2, -0.15) is 0 Å². The first-order chi connectivity index (χ1) is 12.3. The zero-order chi connectivity index (χ0) is 18.7. The van der Waals surface area contributed by atoms with Gasteiger partial charge in [0, 0.05) is 36.3 Å². The molecule has 1 N–H and O–H groups in total. The second kappa shape index (κ2) is 5.34. The number of hydrogen-bond acceptors (Lipinski definition) is 5. The van der Waals surface area contributed by atoms with Crippen molar-refractivity contribution in [1.82, 2.24) is 9.80 Å². The highest BCUT2D eigenvalue weighted by atomic mass is 16.3. The number of amides is 3. The third-order valence-electron chi connectivity index (χ3n) is 4.86. The SMILES string of the molecule is CN1C(=O)c2ccc(C(=O)c3ccc4c(c3)C(=O)N(C)C4O)cc2C1=O. The van der Waals surface area contributed by atoms with E-state index >= 15 is 0 Å². The Hall–Kier alpha value is -3.32. The fraction of sp³-hybridized carbons (Fsp3) is 0.158. The third-order valence-corrected chi connectivity index (χ3v) is 4.86. The van der Waals surface area contributed by atoms with E-state index in [1.165, 1.54) is 49.3 Å². The van der Waals surface area contributed by atoms with Crippen molar-refractivity contribution < 1.29 is 24.3 Å². The smallest absolute Gasteiger partial charge is 0.261 e. The maximum atomic E-state index is 12.8. The van der Waals surface area contributed by atoms with Gasteiger partial charge in [0.15, 0.2) is 12.0 Å². The van der Waals surface area contributed by atoms with Crippen LogP contribution in [0.25, 0.3) is 0 Å². The van der Waals surface area contributed by atoms with Crippen LogP contribution in [0.5, 0.6) is 0 Å². The van der Waals surface area contributed by atoms with Gasteiger partial charge in [-0.15, -0.1) is 0 Å². The Morgan fingerprint density at radius 3 is 2.12 bits per heavy atom. The number of nitrogens with zero attached hydrogens (tertiary/aromatic N) is 2. The summed E-state index contributed by atoms with van der Waals surface area (Å²) in [5.74, 6) is -1.58. The average molecular weight is 350 g/mol. The Kier molecular flexibility index (Phi) is 3.32. The van der Waals surface area contributed by atoms with Crippen molar-refractivity contribution in [3.05, 3.63) is 69.8 Å². The van der Waals surface area contributed by atoms with Gasteiger partial charge in [-0.3, -0.25) is 24.1 Å². The van der Waals surface area contributed by atoms with Crippen LogP contribution in [0.2, 0.25) is 0 Å². The van der Waals surface area contributed by atoms with Crippen molar-refractivity contribution in [3.63, 3.8) is 0 Å². The third kappa shape index (κ3) is 2.04. The lowest BCUT2D eigenvalue weighted by Gasteiger charge is -2.13. The molecule has 0 aliphatic carbocycles. The number of fused-ring (bicyclic) bond motifs is 2. The highest BCUT2D eigenvalue weighted by Crippen LogP contribution is 2.31. The summed E-state index contributed by atoms with van der Waals surface area (Å²) in [7, 11) is 2.87. The maximum Gasteiger partial charge on any atom is 0.261 e. The molecule has 2 aromatic rings. The van der Waals surface area contributed by atoms with Gasteiger partial charge in [0.1, 0.15) is 0 Å². The number of ketones is 1. The molecule has 0 saturated carbocycles. The van der Waals surface area contributed by atoms with E-state index in [1.807, 2.05) is 0 Å². The first-order valence-corrected chi connectivity index (χ1v) is 7.91. The Morgan fingerprint density at radius 2 is 1.42 bits per heavy atom. The zero-order valence-electron chi connectivity index (χ0n) is 14.0. The summed E-state index contributed by atoms with van der Waals surface area (Å²) in [6.45, 7) is 0. The summed E-state index contributed by atoms with van der Waals surface area (Å²) < 4.78 is 0. The monoisotopic (exact) mass is 350 g/mol. The molecule has 2 aromatic carbocycles. The number of aliphatic hydroxyl groups is 1. The quantitative estimate of drug-likeness (QED) is 0.649. The number of carbonyl (C=O) groups excluding carboxylic acids is 4. The molecule has 0 bridgehead atoms. The molecule has 0 spiro atoms. The van der Waals surface area contributed by atoms with Crippen molar-refractivity contribution >= 4 is 23.5 Å². The molecule has 0 fully saturated rings. The number of imide groups is 1. The minimum Gasteiger partial charge on any atom is -0.369 e. The van der Waals surface area contributed by atoms with E-state index < -0.39 is 18.0 Å². The van der Waals surface area contributed by atoms with E-state index in [4.69, 9.17) is 0 Å². The first-order valence-electron chi connectivity index (χ1n) is 7.91. The van der Waals surface area contributed by atoms with E-state index in [-0.39, 0.29) is 39.5 Å². The molecule has 3 amide bonds. The number of carbonyl (C=O) groups is 4. The van der Waals surface area contributed by atoms with Crippen LogP contribution in [-0.2, 0) is 0 Å². The summed E-state index contributed by atoms with van der Waals surface area (Å²) in [6, 6.07) is 8.87. The molecule has 26 heavy (non-hydrogen) atoms. The number of rotatable bonds is 2. The van der Waals surface area contributed by atoms with Crippen molar-refractivity contribution in [1.29, 1.82) is 0 Å². The lowest BCUT2D eigenvalue weighted by atomic mass is 9.96. The molecular weight excluding hydrogens is 336 g/mol. The number of aliphatic hydroxyl groups excluding tert-OH is 1. The molecule has 0 radical (unpaired) electrons. The second-order valence-corrected chi connectivity index (χ2v) is 6.35. The van der Waals surface area contributed by atoms with Crippen LogP contribution in [-0.4, -0.2) is 52.5 Å². The summed E-state index contributed by atoms with van der Waals surface area (Å²) in [6.07, 6.45) is -1.03. The standard InChI is InChI=1S/C19H14N2O5/c1-20-16(23)11-5-3-9(7-13(11)18(20)25)15(22)10-4-6-12-14(8-10)19(26)21(2)17(12)24/h3-8,16,23H,1-2H3. The summed E-state index contributed by atoms with van der Waals surface area (Å²) in [5.41, 5.74) is 1.70. The predicted octanol–water partition coefficient (Wildman–Crippen LogP) is 1.22. The molecule has 0 saturated heterocycles. The van der Waals surface area contributed by atoms with E-state index in [1.54, 1.807) is 6.07 Å². The zero-order valence-corrected chi connectivity index (χ0v) is 14.0. The van der Waals surface area contributed by atoms with Gasteiger partial charge in [-0.1, -0.05) is 18.2 Å². The minimum atomic E-state index is -1.03. The van der Waals surface area contributed by atoms with Crippen molar-refractivity contribution in [3.8, 4) is 0 Å². The molecule has 7 nitrogen and oxygen atoms in total. The fourth-order valence-corrected chi connectivity index (χ4v) is 3.29. The summed E-state index contributed by atoms with van der Waals surface area (Å²) >= 11 is 0. The number of hydrogen-bond donors (Lipinski definition) is 1. The maximum absolute atomic E-state index is 12.8. The molecule has 0 aromatic heterocycles. The van der Waals surface area contributed by atoms with Crippen LogP contribution in [0.1, 0.15) is 58.8 Å². The predicted molar refractivity (Wildman–Crippen MR) is 89.8 cm³/mol. The van der Waals surface area contributed by atoms with Gasteiger partial charge in [-0.25, -0.2) is 0 Å². The lowest BCUT2D eigenvalue weighted by Crippen LogP contribution is -2.24. The molecule has 2 aliphatic rings. The van der Waals surface area contributed by atoms with E-state index in [2.05, 4.69) is 0 Å². The summed E-state index contributed by atoms with van der Waals surface area (Å²) in [4.78, 5) is 51.2. The highest BCUT2D eigenvalue weighted by Gasteiger charge is 2.35. The Labute approximate surface area is 148 Å². The van der Waals surface area contributed by atoms with Crippen LogP contribution in [0, 0.1) is 0 Å². The second-order valence-electron chi connectivity index (χ2n) is 6.35. The average Bonchev–Trinajstić information content (AvgIpc) is 3.01. The Bertz CT molecular complexity index is 1030. The van der Waals surface area contributed by atoms with E-state index in [9.17, 15) is 24.3 Å². The van der Waals surface area contributed by atoms with Crippen molar-refractivity contribution in [2.45, 2.75) is 6.23 Å². The fourth-order valence-electron chi connectivity index (χ4n) is 3.29. The van der Waals surface area contributed by atoms with Gasteiger partial charge in [0.05, 0.1) is 11.1 Å². The van der Waals surface area contributed by atoms with Crippen LogP contribution in [0.4, 0.5) is 0 Å². The largest absolute Gasteiger partial charge is 0.369 e. The van der Waals surface area contributed by atoms with Crippen molar-refractivity contribution in [2.75, 3.05) is 14.1 Å². The van der Waals surface area contributed by atoms with Crippen molar-refractivity contribution in [2.24, 2.45) is 0 Å². The molecule has 1 atom stereocenters. The lowest BCUT2D eigenvalue weighted by molar-refractivity contribution is 0.0301. The van der Waals surface area contributed by atoms with Crippen LogP contribution in [0.3, 0.4) is 0 Å². The van der Waals surface area contributed by atoms with Crippen LogP contribution >= 0.6 is 0 Å².